The van der Waals surface area contributed by atoms with Crippen molar-refractivity contribution in [2.24, 2.45) is 5.10 Å². The molecule has 1 aliphatic heterocycles. The maximum atomic E-state index is 4.37. The molecule has 0 bridgehead atoms. The summed E-state index contributed by atoms with van der Waals surface area (Å²) in [6.07, 6.45) is 1.87. The van der Waals surface area contributed by atoms with Crippen LogP contribution >= 0.6 is 11.8 Å². The van der Waals surface area contributed by atoms with Crippen LogP contribution in [0.25, 0.3) is 0 Å². The minimum absolute atomic E-state index is 1.18. The van der Waals surface area contributed by atoms with E-state index in [1.807, 2.05) is 20.4 Å². The molecule has 19 heavy (non-hydrogen) atoms. The Morgan fingerprint density at radius 1 is 0.947 bits per heavy atom. The van der Waals surface area contributed by atoms with Gasteiger partial charge in [0, 0.05) is 23.9 Å². The molecule has 0 atom stereocenters. The van der Waals surface area contributed by atoms with Gasteiger partial charge in [0.1, 0.15) is 6.34 Å². The number of rotatable bonds is 2. The van der Waals surface area contributed by atoms with Crippen molar-refractivity contribution in [3.8, 4) is 0 Å². The second-order valence-electron chi connectivity index (χ2n) is 4.49. The average molecular weight is 269 g/mol. The van der Waals surface area contributed by atoms with Crippen molar-refractivity contribution < 1.29 is 0 Å². The van der Waals surface area contributed by atoms with E-state index < -0.39 is 0 Å². The highest BCUT2D eigenvalue weighted by atomic mass is 32.2. The topological polar surface area (TPSA) is 18.8 Å². The number of nitrogens with zero attached hydrogens (tertiary/aromatic N) is 3. The molecule has 3 nitrogen and oxygen atoms in total. The lowest BCUT2D eigenvalue weighted by atomic mass is 10.2. The van der Waals surface area contributed by atoms with E-state index in [2.05, 4.69) is 58.5 Å². The van der Waals surface area contributed by atoms with Gasteiger partial charge >= 0.3 is 0 Å². The predicted molar refractivity (Wildman–Crippen MR) is 81.3 cm³/mol. The Bertz CT molecular complexity index is 577. The zero-order chi connectivity index (χ0) is 13.2. The molecule has 1 heterocycles. The Morgan fingerprint density at radius 2 is 1.47 bits per heavy atom. The Hall–Kier alpha value is -1.94. The van der Waals surface area contributed by atoms with Crippen LogP contribution < -0.4 is 4.90 Å². The largest absolute Gasteiger partial charge is 0.302 e. The second-order valence-corrected chi connectivity index (χ2v) is 5.57. The lowest BCUT2D eigenvalue weighted by Crippen LogP contribution is -2.20. The zero-order valence-electron chi connectivity index (χ0n) is 10.9. The molecular formula is C15H15N3S. The molecule has 0 fully saturated rings. The number of hydrazone groups is 1. The molecule has 4 heteroatoms. The molecule has 0 spiro atoms. The molecule has 2 aromatic rings. The van der Waals surface area contributed by atoms with E-state index in [0.717, 1.165) is 0 Å². The van der Waals surface area contributed by atoms with E-state index in [4.69, 9.17) is 0 Å². The molecule has 0 saturated heterocycles. The van der Waals surface area contributed by atoms with Gasteiger partial charge in [-0.3, -0.25) is 4.90 Å². The second kappa shape index (κ2) is 4.97. The fraction of sp³-hybridized carbons (Fsp3) is 0.133. The van der Waals surface area contributed by atoms with Crippen LogP contribution in [-0.4, -0.2) is 25.4 Å². The minimum Gasteiger partial charge on any atom is -0.302 e. The fourth-order valence-corrected chi connectivity index (χ4v) is 3.08. The molecule has 0 radical (unpaired) electrons. The van der Waals surface area contributed by atoms with Crippen LogP contribution in [0.3, 0.4) is 0 Å². The lowest BCUT2D eigenvalue weighted by Gasteiger charge is -2.29. The van der Waals surface area contributed by atoms with Crippen molar-refractivity contribution in [2.45, 2.75) is 9.79 Å². The summed E-state index contributed by atoms with van der Waals surface area (Å²) in [5, 5.41) is 6.17. The van der Waals surface area contributed by atoms with Crippen LogP contribution in [0, 0.1) is 0 Å². The third-order valence-corrected chi connectivity index (χ3v) is 4.00. The summed E-state index contributed by atoms with van der Waals surface area (Å²) in [6.45, 7) is 0. The van der Waals surface area contributed by atoms with E-state index in [1.54, 1.807) is 16.8 Å². The van der Waals surface area contributed by atoms with E-state index in [-0.39, 0.29) is 0 Å². The zero-order valence-corrected chi connectivity index (χ0v) is 11.8. The highest BCUT2D eigenvalue weighted by molar-refractivity contribution is 7.99. The highest BCUT2D eigenvalue weighted by Crippen LogP contribution is 2.47. The van der Waals surface area contributed by atoms with Gasteiger partial charge in [-0.15, -0.1) is 0 Å². The van der Waals surface area contributed by atoms with Gasteiger partial charge in [0.05, 0.1) is 11.4 Å². The van der Waals surface area contributed by atoms with Crippen molar-refractivity contribution in [1.82, 2.24) is 5.01 Å². The first-order valence-electron chi connectivity index (χ1n) is 6.12. The van der Waals surface area contributed by atoms with Crippen LogP contribution in [-0.2, 0) is 0 Å². The average Bonchev–Trinajstić information content (AvgIpc) is 2.43. The third-order valence-electron chi connectivity index (χ3n) is 2.87. The van der Waals surface area contributed by atoms with E-state index >= 15 is 0 Å². The van der Waals surface area contributed by atoms with Crippen LogP contribution in [0.5, 0.6) is 0 Å². The number of benzene rings is 2. The number of fused-ring (bicyclic) bond motifs is 2. The number of hydrogen-bond donors (Lipinski definition) is 0. The van der Waals surface area contributed by atoms with Gasteiger partial charge < -0.3 is 5.01 Å². The van der Waals surface area contributed by atoms with Crippen LogP contribution in [0.2, 0.25) is 0 Å². The normalized spacial score (nSPS) is 13.3. The molecule has 2 aromatic carbocycles. The van der Waals surface area contributed by atoms with Crippen LogP contribution in [0.15, 0.2) is 63.4 Å². The summed E-state index contributed by atoms with van der Waals surface area (Å²) >= 11 is 1.80. The first-order valence-corrected chi connectivity index (χ1v) is 6.94. The molecule has 0 aliphatic carbocycles. The van der Waals surface area contributed by atoms with E-state index in [1.165, 1.54) is 21.2 Å². The van der Waals surface area contributed by atoms with Crippen molar-refractivity contribution in [3.05, 3.63) is 48.5 Å². The Kier molecular flexibility index (Phi) is 3.17. The Labute approximate surface area is 117 Å². The van der Waals surface area contributed by atoms with Crippen molar-refractivity contribution >= 4 is 29.5 Å². The number of anilines is 2. The minimum atomic E-state index is 1.18. The maximum Gasteiger partial charge on any atom is 0.120 e. The van der Waals surface area contributed by atoms with Gasteiger partial charge in [-0.2, -0.15) is 5.10 Å². The van der Waals surface area contributed by atoms with Gasteiger partial charge in [0.25, 0.3) is 0 Å². The van der Waals surface area contributed by atoms with Gasteiger partial charge in [-0.25, -0.2) is 0 Å². The predicted octanol–water partition coefficient (Wildman–Crippen LogP) is 3.79. The van der Waals surface area contributed by atoms with Gasteiger partial charge in [-0.1, -0.05) is 36.0 Å². The monoisotopic (exact) mass is 269 g/mol. The van der Waals surface area contributed by atoms with E-state index in [0.29, 0.717) is 0 Å². The lowest BCUT2D eigenvalue weighted by molar-refractivity contribution is 0.439. The van der Waals surface area contributed by atoms with E-state index in [9.17, 15) is 0 Å². The van der Waals surface area contributed by atoms with Crippen molar-refractivity contribution in [3.63, 3.8) is 0 Å². The number of hydrogen-bond acceptors (Lipinski definition) is 3. The van der Waals surface area contributed by atoms with Gasteiger partial charge in [-0.05, 0) is 24.3 Å². The molecule has 96 valence electrons. The van der Waals surface area contributed by atoms with Crippen molar-refractivity contribution in [2.75, 3.05) is 19.0 Å². The summed E-state index contributed by atoms with van der Waals surface area (Å²) in [7, 11) is 3.85. The maximum absolute atomic E-state index is 4.37. The molecule has 0 saturated carbocycles. The van der Waals surface area contributed by atoms with Crippen LogP contribution in [0.1, 0.15) is 0 Å². The summed E-state index contributed by atoms with van der Waals surface area (Å²) in [5.41, 5.74) is 2.36. The number of para-hydroxylation sites is 2. The summed E-state index contributed by atoms with van der Waals surface area (Å²) in [6, 6.07) is 16.8. The molecule has 3 rings (SSSR count). The highest BCUT2D eigenvalue weighted by Gasteiger charge is 2.21. The van der Waals surface area contributed by atoms with Crippen LogP contribution in [0.4, 0.5) is 11.4 Å². The van der Waals surface area contributed by atoms with Gasteiger partial charge in [0.15, 0.2) is 0 Å². The summed E-state index contributed by atoms with van der Waals surface area (Å²) in [5.74, 6) is 0. The molecular weight excluding hydrogens is 254 g/mol. The quantitative estimate of drug-likeness (QED) is 0.469. The molecule has 1 aliphatic rings. The third kappa shape index (κ3) is 2.31. The Morgan fingerprint density at radius 3 is 2.00 bits per heavy atom. The summed E-state index contributed by atoms with van der Waals surface area (Å²) < 4.78 is 0. The standard InChI is InChI=1S/C15H15N3S/c1-17(2)16-11-18-12-7-3-5-9-14(12)19-15-10-6-4-8-13(15)18/h3-11H,1-2H3. The molecule has 0 amide bonds. The fourth-order valence-electron chi connectivity index (χ4n) is 2.01. The smallest absolute Gasteiger partial charge is 0.120 e. The van der Waals surface area contributed by atoms with Crippen molar-refractivity contribution in [1.29, 1.82) is 0 Å². The first-order chi connectivity index (χ1) is 9.25. The molecule has 0 N–H and O–H groups in total. The SMILES string of the molecule is CN(C)N=CN1c2ccccc2Sc2ccccc21. The first kappa shape index (κ1) is 12.1. The Balaban J connectivity index is 2.11. The molecule has 0 aromatic heterocycles. The summed E-state index contributed by atoms with van der Waals surface area (Å²) in [4.78, 5) is 4.65. The molecule has 0 unspecified atom stereocenters. The van der Waals surface area contributed by atoms with Gasteiger partial charge in [0.2, 0.25) is 0 Å².